The number of rotatable bonds is 5. The monoisotopic (exact) mass is 386 g/mol. The minimum atomic E-state index is -0.412. The number of halogens is 2. The molecule has 2 fully saturated rings. The highest BCUT2D eigenvalue weighted by molar-refractivity contribution is 6.30. The lowest BCUT2D eigenvalue weighted by Crippen LogP contribution is -2.40. The molecule has 0 aromatic heterocycles. The number of hydrogen-bond acceptors (Lipinski definition) is 2. The van der Waals surface area contributed by atoms with Gasteiger partial charge in [0.25, 0.3) is 0 Å². The molecule has 2 heterocycles. The van der Waals surface area contributed by atoms with Crippen LogP contribution in [0.5, 0.6) is 0 Å². The van der Waals surface area contributed by atoms with Crippen LogP contribution in [0.15, 0.2) is 48.5 Å². The summed E-state index contributed by atoms with van der Waals surface area (Å²) in [6, 6.07) is 14.5. The first kappa shape index (κ1) is 18.5. The van der Waals surface area contributed by atoms with Crippen LogP contribution in [-0.4, -0.2) is 18.0 Å². The molecule has 2 aliphatic heterocycles. The number of carbonyl (C=O) groups is 1. The molecule has 0 spiro atoms. The van der Waals surface area contributed by atoms with E-state index < -0.39 is 6.04 Å². The summed E-state index contributed by atoms with van der Waals surface area (Å²) < 4.78 is 13.8. The average Bonchev–Trinajstić information content (AvgIpc) is 2.98. The van der Waals surface area contributed by atoms with E-state index in [-0.39, 0.29) is 11.7 Å². The van der Waals surface area contributed by atoms with Gasteiger partial charge in [-0.3, -0.25) is 4.79 Å². The highest BCUT2D eigenvalue weighted by Gasteiger charge is 2.34. The molecule has 0 saturated carbocycles. The van der Waals surface area contributed by atoms with E-state index in [1.54, 1.807) is 12.1 Å². The van der Waals surface area contributed by atoms with Crippen LogP contribution in [0.25, 0.3) is 0 Å². The molecule has 27 heavy (non-hydrogen) atoms. The van der Waals surface area contributed by atoms with E-state index in [1.807, 2.05) is 24.3 Å². The number of nitrogens with one attached hydrogen (secondary N) is 2. The van der Waals surface area contributed by atoms with E-state index in [1.165, 1.54) is 25.0 Å². The summed E-state index contributed by atoms with van der Waals surface area (Å²) >= 11 is 6.15. The third-order valence-corrected chi connectivity index (χ3v) is 5.95. The summed E-state index contributed by atoms with van der Waals surface area (Å²) in [7, 11) is 0. The number of hydrogen-bond donors (Lipinski definition) is 2. The second-order valence-corrected chi connectivity index (χ2v) is 8.23. The Morgan fingerprint density at radius 2 is 1.78 bits per heavy atom. The molecule has 0 aliphatic carbocycles. The maximum Gasteiger partial charge on any atom is 0.221 e. The second-order valence-electron chi connectivity index (χ2n) is 7.79. The van der Waals surface area contributed by atoms with Crippen molar-refractivity contribution in [3.8, 4) is 0 Å². The molecule has 2 aromatic carbocycles. The molecule has 5 heteroatoms. The van der Waals surface area contributed by atoms with Gasteiger partial charge in [0.1, 0.15) is 5.82 Å². The summed E-state index contributed by atoms with van der Waals surface area (Å²) in [6.07, 6.45) is 5.08. The lowest BCUT2D eigenvalue weighted by Gasteiger charge is -2.29. The predicted molar refractivity (Wildman–Crippen MR) is 105 cm³/mol. The molecule has 3 atom stereocenters. The van der Waals surface area contributed by atoms with Crippen LogP contribution in [0.3, 0.4) is 0 Å². The van der Waals surface area contributed by atoms with E-state index in [2.05, 4.69) is 10.6 Å². The molecule has 3 unspecified atom stereocenters. The minimum Gasteiger partial charge on any atom is -0.345 e. The fourth-order valence-corrected chi connectivity index (χ4v) is 4.75. The average molecular weight is 387 g/mol. The Morgan fingerprint density at radius 3 is 2.44 bits per heavy atom. The summed E-state index contributed by atoms with van der Waals surface area (Å²) in [4.78, 5) is 12.8. The Hall–Kier alpha value is -1.91. The topological polar surface area (TPSA) is 41.1 Å². The zero-order chi connectivity index (χ0) is 18.8. The molecule has 2 N–H and O–H groups in total. The van der Waals surface area contributed by atoms with E-state index in [9.17, 15) is 9.18 Å². The predicted octanol–water partition coefficient (Wildman–Crippen LogP) is 4.61. The maximum atomic E-state index is 13.8. The van der Waals surface area contributed by atoms with Gasteiger partial charge in [0.05, 0.1) is 6.04 Å². The summed E-state index contributed by atoms with van der Waals surface area (Å²) in [5, 5.41) is 7.32. The summed E-state index contributed by atoms with van der Waals surface area (Å²) in [5.74, 6) is 0.107. The third-order valence-electron chi connectivity index (χ3n) is 5.71. The van der Waals surface area contributed by atoms with Crippen LogP contribution in [0.4, 0.5) is 4.39 Å². The molecule has 2 saturated heterocycles. The van der Waals surface area contributed by atoms with Crippen molar-refractivity contribution >= 4 is 17.5 Å². The zero-order valence-corrected chi connectivity index (χ0v) is 15.9. The van der Waals surface area contributed by atoms with Gasteiger partial charge in [-0.15, -0.1) is 0 Å². The summed E-state index contributed by atoms with van der Waals surface area (Å²) in [6.45, 7) is 0. The van der Waals surface area contributed by atoms with Gasteiger partial charge in [0, 0.05) is 23.5 Å². The standard InChI is InChI=1S/C22H24ClFN2O/c23-17-5-1-3-15(12-17)22(16-4-2-6-18(24)13-16)26-21(27)11-14-9-19-7-8-20(10-14)25-19/h1-6,12-14,19-20,22,25H,7-11H2,(H,26,27). The Morgan fingerprint density at radius 1 is 1.11 bits per heavy atom. The number of benzene rings is 2. The van der Waals surface area contributed by atoms with Gasteiger partial charge >= 0.3 is 0 Å². The molecule has 2 aliphatic rings. The highest BCUT2D eigenvalue weighted by Crippen LogP contribution is 2.33. The number of piperidine rings is 1. The van der Waals surface area contributed by atoms with Crippen molar-refractivity contribution < 1.29 is 9.18 Å². The van der Waals surface area contributed by atoms with Gasteiger partial charge in [0.2, 0.25) is 5.91 Å². The van der Waals surface area contributed by atoms with Crippen molar-refractivity contribution in [2.45, 2.75) is 50.2 Å². The van der Waals surface area contributed by atoms with Crippen LogP contribution in [0.1, 0.15) is 49.3 Å². The van der Waals surface area contributed by atoms with Crippen LogP contribution >= 0.6 is 11.6 Å². The van der Waals surface area contributed by atoms with Gasteiger partial charge < -0.3 is 10.6 Å². The first-order valence-electron chi connectivity index (χ1n) is 9.63. The second kappa shape index (κ2) is 7.99. The molecular weight excluding hydrogens is 363 g/mol. The highest BCUT2D eigenvalue weighted by atomic mass is 35.5. The van der Waals surface area contributed by atoms with Crippen molar-refractivity contribution in [1.29, 1.82) is 0 Å². The zero-order valence-electron chi connectivity index (χ0n) is 15.1. The SMILES string of the molecule is O=C(CC1CC2CCC(C1)N2)NC(c1cccc(F)c1)c1cccc(Cl)c1. The lowest BCUT2D eigenvalue weighted by molar-refractivity contribution is -0.122. The fraction of sp³-hybridized carbons (Fsp3) is 0.409. The van der Waals surface area contributed by atoms with E-state index in [0.717, 1.165) is 24.0 Å². The minimum absolute atomic E-state index is 0.00976. The Labute approximate surface area is 164 Å². The van der Waals surface area contributed by atoms with Gasteiger partial charge in [-0.1, -0.05) is 35.9 Å². The number of amides is 1. The van der Waals surface area contributed by atoms with Gasteiger partial charge in [0.15, 0.2) is 0 Å². The summed E-state index contributed by atoms with van der Waals surface area (Å²) in [5.41, 5.74) is 1.57. The van der Waals surface area contributed by atoms with E-state index in [4.69, 9.17) is 11.6 Å². The van der Waals surface area contributed by atoms with E-state index in [0.29, 0.717) is 29.4 Å². The van der Waals surface area contributed by atoms with E-state index >= 15 is 0 Å². The van der Waals surface area contributed by atoms with Gasteiger partial charge in [-0.05, 0) is 67.0 Å². The fourth-order valence-electron chi connectivity index (χ4n) is 4.56. The van der Waals surface area contributed by atoms with Gasteiger partial charge in [-0.25, -0.2) is 4.39 Å². The molecule has 3 nitrogen and oxygen atoms in total. The Balaban J connectivity index is 1.51. The normalized spacial score (nSPS) is 25.2. The van der Waals surface area contributed by atoms with Crippen LogP contribution in [0.2, 0.25) is 5.02 Å². The number of fused-ring (bicyclic) bond motifs is 2. The van der Waals surface area contributed by atoms with Crippen molar-refractivity contribution in [2.24, 2.45) is 5.92 Å². The molecule has 4 rings (SSSR count). The third kappa shape index (κ3) is 4.50. The molecule has 1 amide bonds. The first-order chi connectivity index (χ1) is 13.1. The Kier molecular flexibility index (Phi) is 5.46. The molecule has 2 aromatic rings. The van der Waals surface area contributed by atoms with Crippen LogP contribution < -0.4 is 10.6 Å². The van der Waals surface area contributed by atoms with Crippen molar-refractivity contribution in [3.63, 3.8) is 0 Å². The maximum absolute atomic E-state index is 13.8. The smallest absolute Gasteiger partial charge is 0.221 e. The van der Waals surface area contributed by atoms with Gasteiger partial charge in [-0.2, -0.15) is 0 Å². The molecular formula is C22H24ClFN2O. The molecule has 2 bridgehead atoms. The Bertz CT molecular complexity index is 770. The lowest BCUT2D eigenvalue weighted by atomic mass is 9.89. The van der Waals surface area contributed by atoms with Crippen molar-refractivity contribution in [1.82, 2.24) is 10.6 Å². The van der Waals surface area contributed by atoms with Crippen molar-refractivity contribution in [2.75, 3.05) is 0 Å². The molecule has 0 radical (unpaired) electrons. The largest absolute Gasteiger partial charge is 0.345 e. The van der Waals surface area contributed by atoms with Crippen LogP contribution in [0, 0.1) is 11.7 Å². The number of carbonyl (C=O) groups excluding carboxylic acids is 1. The van der Waals surface area contributed by atoms with Crippen molar-refractivity contribution in [3.05, 3.63) is 70.5 Å². The first-order valence-corrected chi connectivity index (χ1v) is 10.0. The quantitative estimate of drug-likeness (QED) is 0.788. The van der Waals surface area contributed by atoms with Crippen LogP contribution in [-0.2, 0) is 4.79 Å². The molecule has 142 valence electrons.